The van der Waals surface area contributed by atoms with E-state index in [9.17, 15) is 0 Å². The smallest absolute Gasteiger partial charge is 0.0626 e. The molecule has 0 saturated heterocycles. The van der Waals surface area contributed by atoms with Gasteiger partial charge in [-0.25, -0.2) is 0 Å². The number of benzene rings is 8. The Morgan fingerprint density at radius 2 is 0.829 bits per heavy atom. The second-order valence-corrected chi connectivity index (χ2v) is 10.9. The number of nitrogens with zero attached hydrogens (tertiary/aromatic N) is 1. The summed E-state index contributed by atoms with van der Waals surface area (Å²) in [6, 6.07) is 55.3. The lowest BCUT2D eigenvalue weighted by Gasteiger charge is -2.16. The van der Waals surface area contributed by atoms with Crippen LogP contribution in [-0.4, -0.2) is 4.57 Å². The van der Waals surface area contributed by atoms with Crippen LogP contribution >= 0.6 is 0 Å². The monoisotopic (exact) mass is 519 g/mol. The summed E-state index contributed by atoms with van der Waals surface area (Å²) in [7, 11) is 0. The van der Waals surface area contributed by atoms with Crippen LogP contribution < -0.4 is 0 Å². The zero-order valence-electron chi connectivity index (χ0n) is 22.4. The maximum atomic E-state index is 2.49. The molecular weight excluding hydrogens is 494 g/mol. The van der Waals surface area contributed by atoms with Crippen LogP contribution in [0.5, 0.6) is 0 Å². The van der Waals surface area contributed by atoms with Gasteiger partial charge in [0.2, 0.25) is 0 Å². The molecule has 9 rings (SSSR count). The van der Waals surface area contributed by atoms with Crippen LogP contribution in [-0.2, 0) is 0 Å². The third-order valence-corrected chi connectivity index (χ3v) is 8.72. The largest absolute Gasteiger partial charge is 0.309 e. The van der Waals surface area contributed by atoms with Crippen LogP contribution in [0, 0.1) is 0 Å². The molecule has 0 spiro atoms. The Hall–Kier alpha value is -5.40. The van der Waals surface area contributed by atoms with Gasteiger partial charge in [0, 0.05) is 27.2 Å². The van der Waals surface area contributed by atoms with E-state index in [0.717, 1.165) is 0 Å². The van der Waals surface area contributed by atoms with Crippen molar-refractivity contribution in [2.45, 2.75) is 0 Å². The molecule has 1 nitrogen and oxygen atoms in total. The Morgan fingerprint density at radius 3 is 1.54 bits per heavy atom. The standard InChI is InChI=1S/C40H25N/c1-2-13-26(14-3-1)27-15-12-16-28(25-27)41-36-24-11-10-23-35(36)39-38-32-20-7-5-18-30(32)29-17-4-6-19-31(29)37(38)33-21-8-9-22-34(33)40(39)41/h1-25H. The fourth-order valence-electron chi connectivity index (χ4n) is 7.06. The molecular formula is C40H25N. The number of para-hydroxylation sites is 1. The van der Waals surface area contributed by atoms with Gasteiger partial charge in [-0.05, 0) is 61.6 Å². The van der Waals surface area contributed by atoms with E-state index >= 15 is 0 Å². The summed E-state index contributed by atoms with van der Waals surface area (Å²) in [4.78, 5) is 0. The Kier molecular flexibility index (Phi) is 4.67. The molecule has 41 heavy (non-hydrogen) atoms. The molecule has 0 fully saturated rings. The molecule has 1 aromatic heterocycles. The van der Waals surface area contributed by atoms with E-state index in [2.05, 4.69) is 156 Å². The van der Waals surface area contributed by atoms with Crippen LogP contribution in [0.2, 0.25) is 0 Å². The van der Waals surface area contributed by atoms with Gasteiger partial charge in [-0.2, -0.15) is 0 Å². The highest BCUT2D eigenvalue weighted by Gasteiger charge is 2.22. The van der Waals surface area contributed by atoms with Crippen molar-refractivity contribution in [2.75, 3.05) is 0 Å². The summed E-state index contributed by atoms with van der Waals surface area (Å²) < 4.78 is 2.49. The minimum atomic E-state index is 1.17. The first-order valence-electron chi connectivity index (χ1n) is 14.2. The molecule has 0 aliphatic heterocycles. The van der Waals surface area contributed by atoms with Crippen molar-refractivity contribution in [3.05, 3.63) is 152 Å². The number of rotatable bonds is 2. The molecule has 0 bridgehead atoms. The molecule has 9 aromatic rings. The number of fused-ring (bicyclic) bond motifs is 13. The summed E-state index contributed by atoms with van der Waals surface area (Å²) in [5, 5.41) is 13.1. The van der Waals surface area contributed by atoms with Gasteiger partial charge < -0.3 is 4.57 Å². The van der Waals surface area contributed by atoms with Gasteiger partial charge in [-0.3, -0.25) is 0 Å². The molecule has 0 N–H and O–H groups in total. The molecule has 1 heteroatoms. The lowest BCUT2D eigenvalue weighted by atomic mass is 9.88. The van der Waals surface area contributed by atoms with E-state index < -0.39 is 0 Å². The van der Waals surface area contributed by atoms with Crippen molar-refractivity contribution < 1.29 is 0 Å². The van der Waals surface area contributed by atoms with Crippen LogP contribution in [0.4, 0.5) is 0 Å². The van der Waals surface area contributed by atoms with Gasteiger partial charge in [-0.1, -0.05) is 133 Å². The molecule has 190 valence electrons. The molecule has 1 heterocycles. The SMILES string of the molecule is c1ccc(-c2cccc(-n3c4ccccc4c4c5c6ccccc6c6ccccc6c5c5ccccc5c43)c2)cc1. The molecule has 0 amide bonds. The molecule has 0 aliphatic rings. The molecule has 0 radical (unpaired) electrons. The maximum absolute atomic E-state index is 2.49. The van der Waals surface area contributed by atoms with E-state index in [1.54, 1.807) is 0 Å². The van der Waals surface area contributed by atoms with E-state index in [-0.39, 0.29) is 0 Å². The van der Waals surface area contributed by atoms with Crippen LogP contribution in [0.15, 0.2) is 152 Å². The van der Waals surface area contributed by atoms with Gasteiger partial charge in [0.25, 0.3) is 0 Å². The van der Waals surface area contributed by atoms with Gasteiger partial charge in [0.15, 0.2) is 0 Å². The van der Waals surface area contributed by atoms with Gasteiger partial charge >= 0.3 is 0 Å². The summed E-state index contributed by atoms with van der Waals surface area (Å²) in [5.74, 6) is 0. The van der Waals surface area contributed by atoms with Gasteiger partial charge in [0.1, 0.15) is 0 Å². The van der Waals surface area contributed by atoms with Crippen molar-refractivity contribution in [1.29, 1.82) is 0 Å². The van der Waals surface area contributed by atoms with Crippen molar-refractivity contribution in [3.8, 4) is 16.8 Å². The van der Waals surface area contributed by atoms with E-state index in [0.29, 0.717) is 0 Å². The molecule has 0 saturated carbocycles. The first-order valence-corrected chi connectivity index (χ1v) is 14.2. The lowest BCUT2D eigenvalue weighted by molar-refractivity contribution is 1.19. The predicted octanol–water partition coefficient (Wildman–Crippen LogP) is 11.1. The average molecular weight is 520 g/mol. The minimum Gasteiger partial charge on any atom is -0.309 e. The zero-order valence-corrected chi connectivity index (χ0v) is 22.4. The fraction of sp³-hybridized carbons (Fsp3) is 0. The summed E-state index contributed by atoms with van der Waals surface area (Å²) >= 11 is 0. The second kappa shape index (κ2) is 8.55. The van der Waals surface area contributed by atoms with E-state index in [1.807, 2.05) is 0 Å². The maximum Gasteiger partial charge on any atom is 0.0626 e. The molecule has 0 aliphatic carbocycles. The zero-order chi connectivity index (χ0) is 26.9. The number of hydrogen-bond donors (Lipinski definition) is 0. The molecule has 0 unspecified atom stereocenters. The number of aromatic nitrogens is 1. The van der Waals surface area contributed by atoms with Crippen molar-refractivity contribution in [1.82, 2.24) is 4.57 Å². The quantitative estimate of drug-likeness (QED) is 0.200. The number of hydrogen-bond acceptors (Lipinski definition) is 0. The highest BCUT2D eigenvalue weighted by atomic mass is 15.0. The molecule has 0 atom stereocenters. The lowest BCUT2D eigenvalue weighted by Crippen LogP contribution is -1.96. The summed E-state index contributed by atoms with van der Waals surface area (Å²) in [6.07, 6.45) is 0. The normalized spacial score (nSPS) is 11.9. The van der Waals surface area contributed by atoms with Crippen molar-refractivity contribution in [3.63, 3.8) is 0 Å². The highest BCUT2D eigenvalue weighted by Crippen LogP contribution is 2.47. The average Bonchev–Trinajstić information content (AvgIpc) is 3.40. The van der Waals surface area contributed by atoms with Crippen molar-refractivity contribution >= 4 is 64.9 Å². The molecule has 8 aromatic carbocycles. The van der Waals surface area contributed by atoms with Gasteiger partial charge in [0.05, 0.1) is 11.0 Å². The second-order valence-electron chi connectivity index (χ2n) is 10.9. The first-order chi connectivity index (χ1) is 20.4. The Balaban J connectivity index is 1.57. The Bertz CT molecular complexity index is 2460. The highest BCUT2D eigenvalue weighted by molar-refractivity contribution is 6.42. The predicted molar refractivity (Wildman–Crippen MR) is 176 cm³/mol. The fourth-order valence-corrected chi connectivity index (χ4v) is 7.06. The third kappa shape index (κ3) is 3.12. The minimum absolute atomic E-state index is 1.17. The Labute approximate surface area is 237 Å². The van der Waals surface area contributed by atoms with Crippen LogP contribution in [0.25, 0.3) is 81.7 Å². The van der Waals surface area contributed by atoms with Gasteiger partial charge in [-0.15, -0.1) is 0 Å². The van der Waals surface area contributed by atoms with E-state index in [4.69, 9.17) is 0 Å². The first kappa shape index (κ1) is 22.4. The Morgan fingerprint density at radius 1 is 0.317 bits per heavy atom. The van der Waals surface area contributed by atoms with Crippen LogP contribution in [0.1, 0.15) is 0 Å². The van der Waals surface area contributed by atoms with E-state index in [1.165, 1.54) is 81.7 Å². The summed E-state index contributed by atoms with van der Waals surface area (Å²) in [6.45, 7) is 0. The third-order valence-electron chi connectivity index (χ3n) is 8.72. The summed E-state index contributed by atoms with van der Waals surface area (Å²) in [5.41, 5.74) is 6.10. The van der Waals surface area contributed by atoms with Crippen molar-refractivity contribution in [2.24, 2.45) is 0 Å². The topological polar surface area (TPSA) is 4.93 Å². The van der Waals surface area contributed by atoms with Crippen LogP contribution in [0.3, 0.4) is 0 Å².